The lowest BCUT2D eigenvalue weighted by Gasteiger charge is -2.25. The molecule has 0 aliphatic carbocycles. The average molecular weight is 472 g/mol. The summed E-state index contributed by atoms with van der Waals surface area (Å²) in [6.45, 7) is 6.60. The van der Waals surface area contributed by atoms with Crippen molar-refractivity contribution in [2.45, 2.75) is 52.3 Å². The van der Waals surface area contributed by atoms with Crippen molar-refractivity contribution >= 4 is 35.2 Å². The lowest BCUT2D eigenvalue weighted by Crippen LogP contribution is -2.47. The van der Waals surface area contributed by atoms with Gasteiger partial charge in [0.2, 0.25) is 11.8 Å². The van der Waals surface area contributed by atoms with Crippen molar-refractivity contribution in [2.24, 2.45) is 5.92 Å². The second kappa shape index (κ2) is 11.2. The molecule has 1 aliphatic heterocycles. The van der Waals surface area contributed by atoms with E-state index in [4.69, 9.17) is 16.3 Å². The lowest BCUT2D eigenvalue weighted by molar-refractivity contribution is -0.126. The van der Waals surface area contributed by atoms with E-state index in [0.717, 1.165) is 12.0 Å². The van der Waals surface area contributed by atoms with E-state index >= 15 is 0 Å². The van der Waals surface area contributed by atoms with Gasteiger partial charge >= 0.3 is 6.09 Å². The van der Waals surface area contributed by atoms with E-state index in [1.165, 1.54) is 4.90 Å². The van der Waals surface area contributed by atoms with E-state index < -0.39 is 18.2 Å². The summed E-state index contributed by atoms with van der Waals surface area (Å²) in [7, 11) is 0. The van der Waals surface area contributed by atoms with Crippen LogP contribution in [-0.2, 0) is 20.9 Å². The van der Waals surface area contributed by atoms with Crippen LogP contribution in [0.2, 0.25) is 5.02 Å². The Morgan fingerprint density at radius 3 is 2.61 bits per heavy atom. The van der Waals surface area contributed by atoms with Gasteiger partial charge in [-0.3, -0.25) is 14.5 Å². The molecule has 1 saturated heterocycles. The van der Waals surface area contributed by atoms with Crippen LogP contribution >= 0.6 is 11.6 Å². The Balaban J connectivity index is 1.90. The molecule has 1 aliphatic rings. The Labute approximate surface area is 199 Å². The molecule has 0 bridgehead atoms. The number of hydrogen-bond acceptors (Lipinski definition) is 4. The molecule has 1 fully saturated rings. The van der Waals surface area contributed by atoms with Crippen LogP contribution < -0.4 is 10.6 Å². The minimum atomic E-state index is -0.864. The number of amides is 3. The lowest BCUT2D eigenvalue weighted by atomic mass is 9.99. The molecular formula is C25H30ClN3O4. The molecule has 2 aromatic rings. The summed E-state index contributed by atoms with van der Waals surface area (Å²) in [5, 5.41) is 6.33. The Hall–Kier alpha value is -3.06. The van der Waals surface area contributed by atoms with Crippen LogP contribution in [0.1, 0.15) is 50.8 Å². The van der Waals surface area contributed by atoms with Crippen molar-refractivity contribution in [1.29, 1.82) is 0 Å². The summed E-state index contributed by atoms with van der Waals surface area (Å²) >= 11 is 6.11. The average Bonchev–Trinajstić information content (AvgIpc) is 3.08. The van der Waals surface area contributed by atoms with Crippen LogP contribution in [0.25, 0.3) is 0 Å². The molecule has 0 radical (unpaired) electrons. The standard InChI is InChI=1S/C25H30ClN3O4/c1-4-7-21(30)28-20-11-6-9-18(13-20)23-22(24(31)27-14-16(2)3)29(25(32)33-23)15-17-8-5-10-19(26)12-17/h5-6,8-13,16,22-23H,4,7,14-15H2,1-3H3,(H,27,31)(H,28,30)/t22-,23+/m0/s1. The number of carbonyl (C=O) groups is 3. The number of cyclic esters (lactones) is 1. The Bertz CT molecular complexity index is 1010. The molecule has 2 aromatic carbocycles. The highest BCUT2D eigenvalue weighted by atomic mass is 35.5. The maximum absolute atomic E-state index is 13.2. The minimum Gasteiger partial charge on any atom is -0.438 e. The smallest absolute Gasteiger partial charge is 0.411 e. The molecule has 8 heteroatoms. The number of hydrogen-bond donors (Lipinski definition) is 2. The molecule has 3 rings (SSSR count). The number of halogens is 1. The first kappa shape index (κ1) is 24.6. The van der Waals surface area contributed by atoms with Crippen LogP contribution in [0.5, 0.6) is 0 Å². The molecule has 2 atom stereocenters. The minimum absolute atomic E-state index is 0.0909. The van der Waals surface area contributed by atoms with E-state index in [2.05, 4.69) is 10.6 Å². The molecule has 0 spiro atoms. The van der Waals surface area contributed by atoms with Crippen molar-refractivity contribution in [3.8, 4) is 0 Å². The summed E-state index contributed by atoms with van der Waals surface area (Å²) in [6.07, 6.45) is -0.240. The van der Waals surface area contributed by atoms with E-state index in [1.807, 2.05) is 26.8 Å². The zero-order valence-electron chi connectivity index (χ0n) is 19.1. The van der Waals surface area contributed by atoms with Crippen LogP contribution in [-0.4, -0.2) is 35.4 Å². The molecule has 1 heterocycles. The molecule has 3 amide bonds. The second-order valence-electron chi connectivity index (χ2n) is 8.57. The molecule has 0 aromatic heterocycles. The van der Waals surface area contributed by atoms with Crippen molar-refractivity contribution in [2.75, 3.05) is 11.9 Å². The summed E-state index contributed by atoms with van der Waals surface area (Å²) in [5.41, 5.74) is 2.02. The largest absolute Gasteiger partial charge is 0.438 e. The third kappa shape index (κ3) is 6.48. The van der Waals surface area contributed by atoms with Crippen LogP contribution in [0, 0.1) is 5.92 Å². The third-order valence-corrected chi connectivity index (χ3v) is 5.49. The van der Waals surface area contributed by atoms with Crippen LogP contribution in [0.4, 0.5) is 10.5 Å². The van der Waals surface area contributed by atoms with E-state index in [9.17, 15) is 14.4 Å². The first-order chi connectivity index (χ1) is 15.8. The summed E-state index contributed by atoms with van der Waals surface area (Å²) in [6, 6.07) is 13.4. The molecule has 0 saturated carbocycles. The van der Waals surface area contributed by atoms with Gasteiger partial charge in [0.15, 0.2) is 12.1 Å². The van der Waals surface area contributed by atoms with Gasteiger partial charge in [-0.25, -0.2) is 4.79 Å². The summed E-state index contributed by atoms with van der Waals surface area (Å²) < 4.78 is 5.69. The summed E-state index contributed by atoms with van der Waals surface area (Å²) in [5.74, 6) is -0.127. The van der Waals surface area contributed by atoms with Gasteiger partial charge in [0.1, 0.15) is 0 Å². The molecule has 33 heavy (non-hydrogen) atoms. The fourth-order valence-corrected chi connectivity index (χ4v) is 3.91. The second-order valence-corrected chi connectivity index (χ2v) is 9.01. The zero-order chi connectivity index (χ0) is 24.0. The highest BCUT2D eigenvalue weighted by molar-refractivity contribution is 6.30. The third-order valence-electron chi connectivity index (χ3n) is 5.26. The first-order valence-electron chi connectivity index (χ1n) is 11.2. The fraction of sp³-hybridized carbons (Fsp3) is 0.400. The van der Waals surface area contributed by atoms with Gasteiger partial charge in [-0.15, -0.1) is 0 Å². The van der Waals surface area contributed by atoms with E-state index in [1.54, 1.807) is 42.5 Å². The summed E-state index contributed by atoms with van der Waals surface area (Å²) in [4.78, 5) is 39.5. The van der Waals surface area contributed by atoms with Gasteiger partial charge in [0, 0.05) is 23.7 Å². The number of ether oxygens (including phenoxy) is 1. The highest BCUT2D eigenvalue weighted by Crippen LogP contribution is 2.35. The normalized spacial score (nSPS) is 17.7. The van der Waals surface area contributed by atoms with Gasteiger partial charge < -0.3 is 15.4 Å². The quantitative estimate of drug-likeness (QED) is 0.543. The number of nitrogens with one attached hydrogen (secondary N) is 2. The highest BCUT2D eigenvalue weighted by Gasteiger charge is 2.47. The molecular weight excluding hydrogens is 442 g/mol. The maximum atomic E-state index is 13.2. The van der Waals surface area contributed by atoms with Crippen molar-refractivity contribution in [3.63, 3.8) is 0 Å². The Morgan fingerprint density at radius 2 is 1.91 bits per heavy atom. The van der Waals surface area contributed by atoms with Crippen molar-refractivity contribution in [3.05, 3.63) is 64.7 Å². The topological polar surface area (TPSA) is 87.7 Å². The molecule has 2 N–H and O–H groups in total. The van der Waals surface area contributed by atoms with E-state index in [-0.39, 0.29) is 24.3 Å². The zero-order valence-corrected chi connectivity index (χ0v) is 19.9. The van der Waals surface area contributed by atoms with Gasteiger partial charge in [0.25, 0.3) is 0 Å². The van der Waals surface area contributed by atoms with E-state index in [0.29, 0.717) is 29.2 Å². The molecule has 7 nitrogen and oxygen atoms in total. The number of benzene rings is 2. The van der Waals surface area contributed by atoms with Crippen molar-refractivity contribution < 1.29 is 19.1 Å². The maximum Gasteiger partial charge on any atom is 0.411 e. The van der Waals surface area contributed by atoms with Crippen LogP contribution in [0.3, 0.4) is 0 Å². The van der Waals surface area contributed by atoms with Crippen LogP contribution in [0.15, 0.2) is 48.5 Å². The Kier molecular flexibility index (Phi) is 8.33. The number of nitrogens with zero attached hydrogens (tertiary/aromatic N) is 1. The van der Waals surface area contributed by atoms with Gasteiger partial charge in [-0.05, 0) is 47.7 Å². The Morgan fingerprint density at radius 1 is 1.15 bits per heavy atom. The fourth-order valence-electron chi connectivity index (χ4n) is 3.70. The molecule has 0 unspecified atom stereocenters. The number of rotatable bonds is 9. The number of anilines is 1. The molecule has 176 valence electrons. The van der Waals surface area contributed by atoms with Gasteiger partial charge in [0.05, 0.1) is 6.54 Å². The first-order valence-corrected chi connectivity index (χ1v) is 11.6. The SMILES string of the molecule is CCCC(=O)Nc1cccc([C@H]2OC(=O)N(Cc3cccc(Cl)c3)[C@@H]2C(=O)NCC(C)C)c1. The predicted molar refractivity (Wildman–Crippen MR) is 128 cm³/mol. The van der Waals surface area contributed by atoms with Gasteiger partial charge in [-0.2, -0.15) is 0 Å². The van der Waals surface area contributed by atoms with Gasteiger partial charge in [-0.1, -0.05) is 56.6 Å². The predicted octanol–water partition coefficient (Wildman–Crippen LogP) is 4.91. The van der Waals surface area contributed by atoms with Crippen molar-refractivity contribution in [1.82, 2.24) is 10.2 Å². The number of carbonyl (C=O) groups excluding carboxylic acids is 3. The monoisotopic (exact) mass is 471 g/mol.